The number of nitrogens with one attached hydrogen (secondary N) is 1. The molecule has 1 aromatic heterocycles. The average molecular weight is 431 g/mol. The Morgan fingerprint density at radius 2 is 2.10 bits per heavy atom. The molecule has 4 rings (SSSR count). The van der Waals surface area contributed by atoms with Gasteiger partial charge in [-0.3, -0.25) is 9.59 Å². The van der Waals surface area contributed by atoms with Crippen molar-refractivity contribution >= 4 is 29.0 Å². The van der Waals surface area contributed by atoms with Crippen LogP contribution in [0, 0.1) is 12.3 Å². The van der Waals surface area contributed by atoms with Crippen LogP contribution in [0.4, 0.5) is 5.69 Å². The molecule has 1 aliphatic carbocycles. The fourth-order valence-corrected chi connectivity index (χ4v) is 4.72. The van der Waals surface area contributed by atoms with Gasteiger partial charge in [-0.25, -0.2) is 0 Å². The largest absolute Gasteiger partial charge is 0.495 e. The van der Waals surface area contributed by atoms with Gasteiger partial charge in [-0.1, -0.05) is 25.4 Å². The van der Waals surface area contributed by atoms with Crippen LogP contribution in [-0.4, -0.2) is 37.9 Å². The summed E-state index contributed by atoms with van der Waals surface area (Å²) >= 11 is 6.16. The number of nitrogens with zero attached hydrogens (tertiary/aromatic N) is 1. The van der Waals surface area contributed by atoms with Gasteiger partial charge in [0.1, 0.15) is 11.5 Å². The molecule has 0 spiro atoms. The molecule has 6 nitrogen and oxygen atoms in total. The van der Waals surface area contributed by atoms with Gasteiger partial charge in [-0.05, 0) is 37.0 Å². The summed E-state index contributed by atoms with van der Waals surface area (Å²) in [6.07, 6.45) is 1.93. The number of Topliss-reactive ketones (excluding diaryl/α,β-unsaturated/α-hetero) is 1. The molecule has 1 saturated heterocycles. The van der Waals surface area contributed by atoms with Crippen molar-refractivity contribution in [2.75, 3.05) is 25.1 Å². The third-order valence-corrected chi connectivity index (χ3v) is 6.22. The number of carbonyl (C=O) groups excluding carboxylic acids is 2. The summed E-state index contributed by atoms with van der Waals surface area (Å²) in [7, 11) is 1.63. The predicted molar refractivity (Wildman–Crippen MR) is 116 cm³/mol. The second-order valence-electron chi connectivity index (χ2n) is 9.02. The lowest BCUT2D eigenvalue weighted by atomic mass is 9.76. The van der Waals surface area contributed by atoms with E-state index >= 15 is 0 Å². The number of methoxy groups -OCH3 is 1. The fourth-order valence-electron chi connectivity index (χ4n) is 4.56. The molecular weight excluding hydrogens is 404 g/mol. The van der Waals surface area contributed by atoms with Crippen molar-refractivity contribution in [3.63, 3.8) is 0 Å². The number of amides is 1. The van der Waals surface area contributed by atoms with Gasteiger partial charge in [0, 0.05) is 42.6 Å². The van der Waals surface area contributed by atoms with Crippen LogP contribution < -0.4 is 15.0 Å². The summed E-state index contributed by atoms with van der Waals surface area (Å²) in [6, 6.07) is 5.49. The third-order valence-electron chi connectivity index (χ3n) is 5.99. The summed E-state index contributed by atoms with van der Waals surface area (Å²) in [5, 5.41) is 3.71. The number of carbonyl (C=O) groups is 2. The van der Waals surface area contributed by atoms with Gasteiger partial charge in [0.15, 0.2) is 11.5 Å². The van der Waals surface area contributed by atoms with Gasteiger partial charge in [-0.15, -0.1) is 0 Å². The highest BCUT2D eigenvalue weighted by molar-refractivity contribution is 6.31. The van der Waals surface area contributed by atoms with E-state index in [1.165, 1.54) is 0 Å². The Bertz CT molecular complexity index is 1010. The Hall–Kier alpha value is -2.47. The highest BCUT2D eigenvalue weighted by atomic mass is 35.5. The van der Waals surface area contributed by atoms with Gasteiger partial charge in [0.05, 0.1) is 18.4 Å². The first-order valence-corrected chi connectivity index (χ1v) is 10.6. The van der Waals surface area contributed by atoms with Crippen molar-refractivity contribution in [3.05, 3.63) is 45.9 Å². The molecule has 1 fully saturated rings. The van der Waals surface area contributed by atoms with Crippen molar-refractivity contribution in [1.29, 1.82) is 0 Å². The second kappa shape index (κ2) is 7.65. The molecule has 1 unspecified atom stereocenters. The van der Waals surface area contributed by atoms with Crippen molar-refractivity contribution < 1.29 is 18.7 Å². The van der Waals surface area contributed by atoms with Crippen LogP contribution in [0.15, 0.2) is 22.6 Å². The lowest BCUT2D eigenvalue weighted by Gasteiger charge is -2.27. The molecule has 0 radical (unpaired) electrons. The summed E-state index contributed by atoms with van der Waals surface area (Å²) in [6.45, 7) is 7.31. The Balaban J connectivity index is 1.49. The molecule has 2 heterocycles. The first-order chi connectivity index (χ1) is 14.2. The molecular formula is C23H27ClN2O4. The number of benzene rings is 1. The van der Waals surface area contributed by atoms with Crippen molar-refractivity contribution in [2.24, 2.45) is 5.41 Å². The van der Waals surface area contributed by atoms with E-state index in [4.69, 9.17) is 20.8 Å². The minimum absolute atomic E-state index is 0.0325. The molecule has 1 amide bonds. The van der Waals surface area contributed by atoms with E-state index in [1.807, 2.05) is 26.0 Å². The summed E-state index contributed by atoms with van der Waals surface area (Å²) in [5.41, 5.74) is 2.01. The van der Waals surface area contributed by atoms with Crippen LogP contribution in [0.25, 0.3) is 0 Å². The lowest BCUT2D eigenvalue weighted by molar-refractivity contribution is 0.0884. The predicted octanol–water partition coefficient (Wildman–Crippen LogP) is 4.41. The SMILES string of the molecule is COc1ccc(Cl)cc1N1CCC(NC(=O)c2oc3c(c2C)C(=O)CC(C)(C)C3)C1. The number of ether oxygens (including phenoxy) is 1. The lowest BCUT2D eigenvalue weighted by Crippen LogP contribution is -2.37. The fraction of sp³-hybridized carbons (Fsp3) is 0.478. The molecule has 2 aliphatic rings. The Labute approximate surface area is 181 Å². The molecule has 1 N–H and O–H groups in total. The summed E-state index contributed by atoms with van der Waals surface area (Å²) in [4.78, 5) is 27.7. The number of hydrogen-bond acceptors (Lipinski definition) is 5. The molecule has 0 saturated carbocycles. The zero-order valence-electron chi connectivity index (χ0n) is 17.8. The normalized spacial score (nSPS) is 20.2. The minimum atomic E-state index is -0.266. The number of ketones is 1. The minimum Gasteiger partial charge on any atom is -0.495 e. The van der Waals surface area contributed by atoms with Gasteiger partial charge in [0.25, 0.3) is 5.91 Å². The van der Waals surface area contributed by atoms with Crippen molar-refractivity contribution in [2.45, 2.75) is 46.1 Å². The molecule has 1 aliphatic heterocycles. The number of furan rings is 1. The number of fused-ring (bicyclic) bond motifs is 1. The first-order valence-electron chi connectivity index (χ1n) is 10.2. The zero-order valence-corrected chi connectivity index (χ0v) is 18.6. The first kappa shape index (κ1) is 20.8. The number of halogens is 1. The van der Waals surface area contributed by atoms with Crippen molar-refractivity contribution in [3.8, 4) is 5.75 Å². The van der Waals surface area contributed by atoms with Crippen LogP contribution in [0.5, 0.6) is 5.75 Å². The molecule has 1 atom stereocenters. The van der Waals surface area contributed by atoms with Crippen molar-refractivity contribution in [1.82, 2.24) is 5.32 Å². The zero-order chi connectivity index (χ0) is 21.6. The topological polar surface area (TPSA) is 71.8 Å². The van der Waals surface area contributed by atoms with Gasteiger partial charge in [0.2, 0.25) is 0 Å². The molecule has 2 aromatic rings. The number of hydrogen-bond donors (Lipinski definition) is 1. The van der Waals surface area contributed by atoms with Crippen LogP contribution in [-0.2, 0) is 6.42 Å². The maximum absolute atomic E-state index is 12.9. The average Bonchev–Trinajstić information content (AvgIpc) is 3.25. The van der Waals surface area contributed by atoms with Gasteiger partial charge < -0.3 is 19.4 Å². The third kappa shape index (κ3) is 3.81. The van der Waals surface area contributed by atoms with E-state index in [2.05, 4.69) is 10.2 Å². The van der Waals surface area contributed by atoms with E-state index in [-0.39, 0.29) is 28.9 Å². The Morgan fingerprint density at radius 1 is 1.33 bits per heavy atom. The molecule has 160 valence electrons. The van der Waals surface area contributed by atoms with E-state index < -0.39 is 0 Å². The van der Waals surface area contributed by atoms with Crippen LogP contribution in [0.1, 0.15) is 58.9 Å². The number of rotatable bonds is 4. The maximum Gasteiger partial charge on any atom is 0.287 e. The molecule has 7 heteroatoms. The van der Waals surface area contributed by atoms with Gasteiger partial charge in [-0.2, -0.15) is 0 Å². The second-order valence-corrected chi connectivity index (χ2v) is 9.45. The summed E-state index contributed by atoms with van der Waals surface area (Å²) in [5.74, 6) is 1.43. The maximum atomic E-state index is 12.9. The Morgan fingerprint density at radius 3 is 2.83 bits per heavy atom. The van der Waals surface area contributed by atoms with E-state index in [9.17, 15) is 9.59 Å². The molecule has 0 bridgehead atoms. The highest BCUT2D eigenvalue weighted by Crippen LogP contribution is 2.38. The van der Waals surface area contributed by atoms with E-state index in [0.29, 0.717) is 41.3 Å². The van der Waals surface area contributed by atoms with Crippen LogP contribution in [0.3, 0.4) is 0 Å². The quantitative estimate of drug-likeness (QED) is 0.777. The van der Waals surface area contributed by atoms with Crippen LogP contribution >= 0.6 is 11.6 Å². The van der Waals surface area contributed by atoms with Crippen LogP contribution in [0.2, 0.25) is 5.02 Å². The molecule has 30 heavy (non-hydrogen) atoms. The van der Waals surface area contributed by atoms with E-state index in [0.717, 1.165) is 24.4 Å². The number of anilines is 1. The van der Waals surface area contributed by atoms with E-state index in [1.54, 1.807) is 20.1 Å². The summed E-state index contributed by atoms with van der Waals surface area (Å²) < 4.78 is 11.3. The molecule has 1 aromatic carbocycles. The Kier molecular flexibility index (Phi) is 5.30. The standard InChI is InChI=1S/C23H27ClN2O4/c1-13-20-17(27)10-23(2,3)11-19(20)30-21(13)22(28)25-15-7-8-26(12-15)16-9-14(24)5-6-18(16)29-4/h5-6,9,15H,7-8,10-12H2,1-4H3,(H,25,28). The smallest absolute Gasteiger partial charge is 0.287 e. The monoisotopic (exact) mass is 430 g/mol. The highest BCUT2D eigenvalue weighted by Gasteiger charge is 2.37. The van der Waals surface area contributed by atoms with Gasteiger partial charge >= 0.3 is 0 Å².